The second-order valence-corrected chi connectivity index (χ2v) is 3.57. The molecule has 2 nitrogen and oxygen atoms in total. The maximum atomic E-state index is 12.9. The highest BCUT2D eigenvalue weighted by Crippen LogP contribution is 2.19. The number of benzene rings is 1. The molecule has 0 aliphatic heterocycles. The van der Waals surface area contributed by atoms with Gasteiger partial charge in [0.15, 0.2) is 5.78 Å². The average Bonchev–Trinajstić information content (AvgIpc) is 1.96. The van der Waals surface area contributed by atoms with Crippen LogP contribution in [0.25, 0.3) is 0 Å². The van der Waals surface area contributed by atoms with E-state index in [1.54, 1.807) is 0 Å². The van der Waals surface area contributed by atoms with Crippen molar-refractivity contribution in [3.8, 4) is 0 Å². The van der Waals surface area contributed by atoms with Crippen molar-refractivity contribution in [2.45, 2.75) is 6.92 Å². The van der Waals surface area contributed by atoms with E-state index in [2.05, 4.69) is 0 Å². The number of carbonyl (C=O) groups is 1. The quantitative estimate of drug-likeness (QED) is 0.486. The lowest BCUT2D eigenvalue weighted by Crippen LogP contribution is -2.01. The number of hydrogen-bond donors (Lipinski definition) is 1. The molecule has 0 aliphatic carbocycles. The molecule has 0 heterocycles. The van der Waals surface area contributed by atoms with Gasteiger partial charge in [-0.05, 0) is 41.6 Å². The van der Waals surface area contributed by atoms with Crippen LogP contribution >= 0.6 is 22.6 Å². The third-order valence-corrected chi connectivity index (χ3v) is 2.30. The predicted octanol–water partition coefficient (Wildman–Crippen LogP) is 2.22. The summed E-state index contributed by atoms with van der Waals surface area (Å²) in [6.45, 7) is 1.36. The highest BCUT2D eigenvalue weighted by atomic mass is 127. The Bertz CT molecular complexity index is 338. The van der Waals surface area contributed by atoms with Crippen LogP contribution in [0.4, 0.5) is 10.1 Å². The van der Waals surface area contributed by atoms with Gasteiger partial charge in [-0.25, -0.2) is 4.39 Å². The SMILES string of the molecule is CC(=O)c1cc(F)c(I)cc1N. The highest BCUT2D eigenvalue weighted by Gasteiger charge is 2.08. The Balaban J connectivity index is 3.33. The Morgan fingerprint density at radius 2 is 2.17 bits per heavy atom. The lowest BCUT2D eigenvalue weighted by molar-refractivity contribution is 0.101. The van der Waals surface area contributed by atoms with Gasteiger partial charge in [-0.3, -0.25) is 4.79 Å². The summed E-state index contributed by atoms with van der Waals surface area (Å²) in [4.78, 5) is 10.9. The second-order valence-electron chi connectivity index (χ2n) is 2.41. The van der Waals surface area contributed by atoms with Crippen LogP contribution in [0.2, 0.25) is 0 Å². The van der Waals surface area contributed by atoms with Crippen LogP contribution in [0.3, 0.4) is 0 Å². The molecular formula is C8H7FINO. The van der Waals surface area contributed by atoms with E-state index < -0.39 is 5.82 Å². The zero-order valence-corrected chi connectivity index (χ0v) is 8.55. The number of rotatable bonds is 1. The van der Waals surface area contributed by atoms with Gasteiger partial charge in [0.05, 0.1) is 3.57 Å². The molecule has 0 fully saturated rings. The van der Waals surface area contributed by atoms with E-state index >= 15 is 0 Å². The molecule has 0 aromatic heterocycles. The number of nitrogens with two attached hydrogens (primary N) is 1. The summed E-state index contributed by atoms with van der Waals surface area (Å²) in [7, 11) is 0. The van der Waals surface area contributed by atoms with Gasteiger partial charge in [0.25, 0.3) is 0 Å². The fraction of sp³-hybridized carbons (Fsp3) is 0.125. The molecule has 2 N–H and O–H groups in total. The maximum absolute atomic E-state index is 12.9. The smallest absolute Gasteiger partial charge is 0.161 e. The van der Waals surface area contributed by atoms with Crippen LogP contribution in [0, 0.1) is 9.39 Å². The molecule has 0 bridgehead atoms. The van der Waals surface area contributed by atoms with Crippen LogP contribution in [0.5, 0.6) is 0 Å². The summed E-state index contributed by atoms with van der Waals surface area (Å²) in [6.07, 6.45) is 0. The molecular weight excluding hydrogens is 272 g/mol. The van der Waals surface area contributed by atoms with Crippen LogP contribution < -0.4 is 5.73 Å². The molecule has 0 unspecified atom stereocenters. The number of carbonyl (C=O) groups excluding carboxylic acids is 1. The highest BCUT2D eigenvalue weighted by molar-refractivity contribution is 14.1. The summed E-state index contributed by atoms with van der Waals surface area (Å²) < 4.78 is 13.3. The molecule has 1 aromatic carbocycles. The minimum absolute atomic E-state index is 0.220. The van der Waals surface area contributed by atoms with Crippen LogP contribution in [-0.4, -0.2) is 5.78 Å². The third-order valence-electron chi connectivity index (χ3n) is 1.47. The molecule has 0 amide bonds. The first-order valence-electron chi connectivity index (χ1n) is 3.28. The fourth-order valence-electron chi connectivity index (χ4n) is 0.867. The standard InChI is InChI=1S/C8H7FINO/c1-4(12)5-2-6(9)7(10)3-8(5)11/h2-3H,11H2,1H3. The normalized spacial score (nSPS) is 9.92. The molecule has 0 saturated carbocycles. The van der Waals surface area contributed by atoms with Crippen molar-refractivity contribution < 1.29 is 9.18 Å². The predicted molar refractivity (Wildman–Crippen MR) is 53.5 cm³/mol. The van der Waals surface area contributed by atoms with Crippen molar-refractivity contribution >= 4 is 34.1 Å². The van der Waals surface area contributed by atoms with Crippen molar-refractivity contribution in [2.75, 3.05) is 5.73 Å². The van der Waals surface area contributed by atoms with Gasteiger partial charge < -0.3 is 5.73 Å². The molecule has 1 rings (SSSR count). The van der Waals surface area contributed by atoms with E-state index in [9.17, 15) is 9.18 Å². The monoisotopic (exact) mass is 279 g/mol. The van der Waals surface area contributed by atoms with Crippen LogP contribution in [0.15, 0.2) is 12.1 Å². The lowest BCUT2D eigenvalue weighted by Gasteiger charge is -2.02. The van der Waals surface area contributed by atoms with Gasteiger partial charge in [0.2, 0.25) is 0 Å². The molecule has 0 atom stereocenters. The fourth-order valence-corrected chi connectivity index (χ4v) is 1.36. The number of Topliss-reactive ketones (excluding diaryl/α,β-unsaturated/α-hetero) is 1. The summed E-state index contributed by atoms with van der Waals surface area (Å²) in [5, 5.41) is 0. The molecule has 12 heavy (non-hydrogen) atoms. The maximum Gasteiger partial charge on any atom is 0.161 e. The largest absolute Gasteiger partial charge is 0.398 e. The number of hydrogen-bond acceptors (Lipinski definition) is 2. The Kier molecular flexibility index (Phi) is 2.66. The van der Waals surface area contributed by atoms with Crippen molar-refractivity contribution in [3.05, 3.63) is 27.1 Å². The second kappa shape index (κ2) is 3.38. The first kappa shape index (κ1) is 9.44. The number of nitrogen functional groups attached to an aromatic ring is 1. The first-order valence-corrected chi connectivity index (χ1v) is 4.35. The van der Waals surface area contributed by atoms with E-state index in [1.807, 2.05) is 22.6 Å². The Morgan fingerprint density at radius 3 is 2.67 bits per heavy atom. The molecule has 0 radical (unpaired) electrons. The van der Waals surface area contributed by atoms with Gasteiger partial charge in [0.1, 0.15) is 5.82 Å². The summed E-state index contributed by atoms with van der Waals surface area (Å²) in [5.41, 5.74) is 6.07. The molecule has 4 heteroatoms. The van der Waals surface area contributed by atoms with Gasteiger partial charge in [-0.15, -0.1) is 0 Å². The van der Waals surface area contributed by atoms with Gasteiger partial charge in [-0.2, -0.15) is 0 Å². The summed E-state index contributed by atoms with van der Waals surface area (Å²) in [6, 6.07) is 2.62. The Morgan fingerprint density at radius 1 is 1.58 bits per heavy atom. The Labute approximate surface area is 83.1 Å². The van der Waals surface area contributed by atoms with E-state index in [1.165, 1.54) is 19.1 Å². The zero-order valence-electron chi connectivity index (χ0n) is 6.40. The molecule has 0 spiro atoms. The van der Waals surface area contributed by atoms with E-state index in [-0.39, 0.29) is 11.3 Å². The van der Waals surface area contributed by atoms with E-state index in [0.29, 0.717) is 9.26 Å². The number of anilines is 1. The van der Waals surface area contributed by atoms with Gasteiger partial charge >= 0.3 is 0 Å². The van der Waals surface area contributed by atoms with E-state index in [0.717, 1.165) is 0 Å². The first-order chi connectivity index (χ1) is 5.52. The summed E-state index contributed by atoms with van der Waals surface area (Å²) in [5.74, 6) is -0.627. The summed E-state index contributed by atoms with van der Waals surface area (Å²) >= 11 is 1.82. The topological polar surface area (TPSA) is 43.1 Å². The zero-order chi connectivity index (χ0) is 9.30. The minimum atomic E-state index is -0.407. The Hall–Kier alpha value is -0.650. The number of ketones is 1. The average molecular weight is 279 g/mol. The van der Waals surface area contributed by atoms with Gasteiger partial charge in [-0.1, -0.05) is 0 Å². The molecule has 0 saturated heterocycles. The van der Waals surface area contributed by atoms with Crippen molar-refractivity contribution in [1.29, 1.82) is 0 Å². The van der Waals surface area contributed by atoms with Crippen LogP contribution in [-0.2, 0) is 0 Å². The molecule has 64 valence electrons. The minimum Gasteiger partial charge on any atom is -0.398 e. The van der Waals surface area contributed by atoms with E-state index in [4.69, 9.17) is 5.73 Å². The van der Waals surface area contributed by atoms with Crippen LogP contribution in [0.1, 0.15) is 17.3 Å². The van der Waals surface area contributed by atoms with Crippen molar-refractivity contribution in [3.63, 3.8) is 0 Å². The third kappa shape index (κ3) is 1.74. The lowest BCUT2D eigenvalue weighted by atomic mass is 10.1. The van der Waals surface area contributed by atoms with Gasteiger partial charge in [0, 0.05) is 11.3 Å². The number of halogens is 2. The molecule has 0 aliphatic rings. The van der Waals surface area contributed by atoms with Crippen molar-refractivity contribution in [2.24, 2.45) is 0 Å². The van der Waals surface area contributed by atoms with Crippen molar-refractivity contribution in [1.82, 2.24) is 0 Å². The molecule has 1 aromatic rings.